The van der Waals surface area contributed by atoms with Gasteiger partial charge in [-0.25, -0.2) is 0 Å². The molecule has 1 N–H and O–H groups in total. The maximum atomic E-state index is 12.3. The Morgan fingerprint density at radius 1 is 1.09 bits per heavy atom. The number of hydrogen-bond acceptors (Lipinski definition) is 3. The zero-order valence-corrected chi connectivity index (χ0v) is 13.3. The van der Waals surface area contributed by atoms with E-state index in [0.29, 0.717) is 13.0 Å². The largest absolute Gasteiger partial charge is 0.350 e. The summed E-state index contributed by atoms with van der Waals surface area (Å²) in [5, 5.41) is 4.02. The number of aryl methyl sites for hydroxylation is 2. The lowest BCUT2D eigenvalue weighted by Gasteiger charge is -2.12. The van der Waals surface area contributed by atoms with Crippen molar-refractivity contribution in [3.05, 3.63) is 71.2 Å². The number of fused-ring (bicyclic) bond motifs is 1. The summed E-state index contributed by atoms with van der Waals surface area (Å²) >= 11 is 0. The SMILES string of the molecule is Cc1nc2ccccc2c(C)c1CC(=O)NCc1ccccn1. The summed E-state index contributed by atoms with van der Waals surface area (Å²) in [6, 6.07) is 13.7. The third-order valence-electron chi connectivity index (χ3n) is 4.02. The van der Waals surface area contributed by atoms with Gasteiger partial charge >= 0.3 is 0 Å². The number of hydrogen-bond donors (Lipinski definition) is 1. The molecule has 0 aliphatic carbocycles. The van der Waals surface area contributed by atoms with Crippen LogP contribution in [0.1, 0.15) is 22.5 Å². The summed E-state index contributed by atoms with van der Waals surface area (Å²) in [6.45, 7) is 4.46. The van der Waals surface area contributed by atoms with Gasteiger partial charge in [-0.05, 0) is 43.2 Å². The van der Waals surface area contributed by atoms with Crippen LogP contribution in [0, 0.1) is 13.8 Å². The van der Waals surface area contributed by atoms with Gasteiger partial charge in [0.25, 0.3) is 0 Å². The van der Waals surface area contributed by atoms with Gasteiger partial charge in [0.15, 0.2) is 0 Å². The predicted molar refractivity (Wildman–Crippen MR) is 91.0 cm³/mol. The van der Waals surface area contributed by atoms with Gasteiger partial charge in [0.1, 0.15) is 0 Å². The molecule has 3 rings (SSSR count). The molecule has 1 aromatic carbocycles. The summed E-state index contributed by atoms with van der Waals surface area (Å²) in [5.74, 6) is -0.0149. The molecular weight excluding hydrogens is 286 g/mol. The first kappa shape index (κ1) is 15.2. The first-order valence-corrected chi connectivity index (χ1v) is 7.66. The van der Waals surface area contributed by atoms with Crippen molar-refractivity contribution < 1.29 is 4.79 Å². The summed E-state index contributed by atoms with van der Waals surface area (Å²) in [4.78, 5) is 21.1. The molecule has 0 radical (unpaired) electrons. The molecule has 3 aromatic rings. The van der Waals surface area contributed by atoms with E-state index in [1.165, 1.54) is 0 Å². The van der Waals surface area contributed by atoms with Crippen LogP contribution in [0.25, 0.3) is 10.9 Å². The van der Waals surface area contributed by atoms with Crippen LogP contribution in [-0.2, 0) is 17.8 Å². The molecule has 0 saturated carbocycles. The van der Waals surface area contributed by atoms with E-state index in [1.54, 1.807) is 6.20 Å². The number of carbonyl (C=O) groups is 1. The summed E-state index contributed by atoms with van der Waals surface area (Å²) in [6.07, 6.45) is 2.06. The van der Waals surface area contributed by atoms with Gasteiger partial charge < -0.3 is 5.32 Å². The Bertz CT molecular complexity index is 844. The number of nitrogens with one attached hydrogen (secondary N) is 1. The second kappa shape index (κ2) is 6.57. The van der Waals surface area contributed by atoms with Crippen LogP contribution in [0.2, 0.25) is 0 Å². The number of amides is 1. The first-order valence-electron chi connectivity index (χ1n) is 7.66. The molecule has 0 fully saturated rings. The molecule has 2 aromatic heterocycles. The van der Waals surface area contributed by atoms with Gasteiger partial charge in [-0.2, -0.15) is 0 Å². The van der Waals surface area contributed by atoms with Crippen molar-refractivity contribution in [3.63, 3.8) is 0 Å². The number of rotatable bonds is 4. The van der Waals surface area contributed by atoms with Gasteiger partial charge in [0.2, 0.25) is 5.91 Å². The average Bonchev–Trinajstić information content (AvgIpc) is 2.58. The van der Waals surface area contributed by atoms with Crippen LogP contribution in [0.3, 0.4) is 0 Å². The molecule has 116 valence electrons. The Balaban J connectivity index is 1.77. The van der Waals surface area contributed by atoms with Gasteiger partial charge in [-0.15, -0.1) is 0 Å². The molecule has 1 amide bonds. The van der Waals surface area contributed by atoms with E-state index in [-0.39, 0.29) is 5.91 Å². The summed E-state index contributed by atoms with van der Waals surface area (Å²) in [5.41, 5.74) is 4.86. The van der Waals surface area contributed by atoms with Crippen molar-refractivity contribution in [1.29, 1.82) is 0 Å². The Hall–Kier alpha value is -2.75. The minimum Gasteiger partial charge on any atom is -0.350 e. The van der Waals surface area contributed by atoms with Crippen molar-refractivity contribution in [2.75, 3.05) is 0 Å². The zero-order valence-electron chi connectivity index (χ0n) is 13.3. The molecule has 0 bridgehead atoms. The van der Waals surface area contributed by atoms with Gasteiger partial charge in [-0.3, -0.25) is 14.8 Å². The second-order valence-corrected chi connectivity index (χ2v) is 5.59. The standard InChI is InChI=1S/C19H19N3O/c1-13-16-8-3-4-9-18(16)22-14(2)17(13)11-19(23)21-12-15-7-5-6-10-20-15/h3-10H,11-12H2,1-2H3,(H,21,23). The van der Waals surface area contributed by atoms with Crippen molar-refractivity contribution >= 4 is 16.8 Å². The second-order valence-electron chi connectivity index (χ2n) is 5.59. The maximum Gasteiger partial charge on any atom is 0.224 e. The quantitative estimate of drug-likeness (QED) is 0.806. The minimum atomic E-state index is -0.0149. The van der Waals surface area contributed by atoms with E-state index in [9.17, 15) is 4.79 Å². The highest BCUT2D eigenvalue weighted by atomic mass is 16.1. The van der Waals surface area contributed by atoms with Crippen LogP contribution in [0.5, 0.6) is 0 Å². The third-order valence-corrected chi connectivity index (χ3v) is 4.02. The smallest absolute Gasteiger partial charge is 0.224 e. The fraction of sp³-hybridized carbons (Fsp3) is 0.211. The topological polar surface area (TPSA) is 54.9 Å². The fourth-order valence-corrected chi connectivity index (χ4v) is 2.75. The van der Waals surface area contributed by atoms with Crippen LogP contribution in [0.4, 0.5) is 0 Å². The van der Waals surface area contributed by atoms with E-state index in [0.717, 1.165) is 33.4 Å². The van der Waals surface area contributed by atoms with Crippen LogP contribution in [0.15, 0.2) is 48.7 Å². The number of nitrogens with zero attached hydrogens (tertiary/aromatic N) is 2. The molecule has 0 atom stereocenters. The van der Waals surface area contributed by atoms with Crippen LogP contribution >= 0.6 is 0 Å². The molecule has 2 heterocycles. The normalized spacial score (nSPS) is 10.7. The molecule has 4 nitrogen and oxygen atoms in total. The van der Waals surface area contributed by atoms with Crippen molar-refractivity contribution in [2.45, 2.75) is 26.8 Å². The zero-order chi connectivity index (χ0) is 16.2. The highest BCUT2D eigenvalue weighted by Crippen LogP contribution is 2.22. The summed E-state index contributed by atoms with van der Waals surface area (Å²) in [7, 11) is 0. The van der Waals surface area contributed by atoms with Gasteiger partial charge in [0, 0.05) is 17.3 Å². The monoisotopic (exact) mass is 305 g/mol. The highest BCUT2D eigenvalue weighted by Gasteiger charge is 2.12. The Morgan fingerprint density at radius 3 is 2.65 bits per heavy atom. The Labute approximate surface area is 135 Å². The predicted octanol–water partition coefficient (Wildman–Crippen LogP) is 3.11. The molecule has 0 aliphatic heterocycles. The molecule has 0 spiro atoms. The van der Waals surface area contributed by atoms with E-state index < -0.39 is 0 Å². The number of para-hydroxylation sites is 1. The third kappa shape index (κ3) is 3.37. The lowest BCUT2D eigenvalue weighted by atomic mass is 9.99. The Morgan fingerprint density at radius 2 is 1.87 bits per heavy atom. The van der Waals surface area contributed by atoms with Crippen LogP contribution < -0.4 is 5.32 Å². The molecule has 4 heteroatoms. The van der Waals surface area contributed by atoms with Crippen molar-refractivity contribution in [1.82, 2.24) is 15.3 Å². The fourth-order valence-electron chi connectivity index (χ4n) is 2.75. The number of pyridine rings is 2. The lowest BCUT2D eigenvalue weighted by molar-refractivity contribution is -0.120. The lowest BCUT2D eigenvalue weighted by Crippen LogP contribution is -2.25. The maximum absolute atomic E-state index is 12.3. The van der Waals surface area contributed by atoms with E-state index in [1.807, 2.05) is 49.4 Å². The van der Waals surface area contributed by atoms with E-state index >= 15 is 0 Å². The summed E-state index contributed by atoms with van der Waals surface area (Å²) < 4.78 is 0. The molecule has 23 heavy (non-hydrogen) atoms. The molecule has 0 aliphatic rings. The van der Waals surface area contributed by atoms with Crippen molar-refractivity contribution in [2.24, 2.45) is 0 Å². The number of carbonyl (C=O) groups excluding carboxylic acids is 1. The van der Waals surface area contributed by atoms with Crippen LogP contribution in [-0.4, -0.2) is 15.9 Å². The van der Waals surface area contributed by atoms with E-state index in [4.69, 9.17) is 0 Å². The van der Waals surface area contributed by atoms with E-state index in [2.05, 4.69) is 22.2 Å². The van der Waals surface area contributed by atoms with Gasteiger partial charge in [-0.1, -0.05) is 24.3 Å². The minimum absolute atomic E-state index is 0.0149. The molecule has 0 saturated heterocycles. The Kier molecular flexibility index (Phi) is 4.33. The number of benzene rings is 1. The number of aromatic nitrogens is 2. The van der Waals surface area contributed by atoms with Gasteiger partial charge in [0.05, 0.1) is 24.2 Å². The molecule has 0 unspecified atom stereocenters. The molecular formula is C19H19N3O. The average molecular weight is 305 g/mol. The first-order chi connectivity index (χ1) is 11.1. The highest BCUT2D eigenvalue weighted by molar-refractivity contribution is 5.86. The van der Waals surface area contributed by atoms with Crippen molar-refractivity contribution in [3.8, 4) is 0 Å².